The van der Waals surface area contributed by atoms with Crippen LogP contribution in [0.5, 0.6) is 0 Å². The minimum Gasteiger partial charge on any atom is -0.350 e. The molecular weight excluding hydrogens is 359 g/mol. The predicted octanol–water partition coefficient (Wildman–Crippen LogP) is 2.31. The number of hydrogen-bond donors (Lipinski definition) is 1. The average Bonchev–Trinajstić information content (AvgIpc) is 2.53. The van der Waals surface area contributed by atoms with Gasteiger partial charge in [0.1, 0.15) is 0 Å². The molecule has 1 aromatic carbocycles. The van der Waals surface area contributed by atoms with Crippen LogP contribution in [0, 0.1) is 0 Å². The maximum Gasteiger partial charge on any atom is 0.416 e. The largest absolute Gasteiger partial charge is 0.416 e. The third-order valence-electron chi connectivity index (χ3n) is 4.22. The van der Waals surface area contributed by atoms with Crippen molar-refractivity contribution in [3.63, 3.8) is 0 Å². The van der Waals surface area contributed by atoms with Gasteiger partial charge in [-0.1, -0.05) is 18.2 Å². The van der Waals surface area contributed by atoms with Crippen molar-refractivity contribution >= 4 is 11.8 Å². The molecule has 8 heteroatoms. The molecule has 5 nitrogen and oxygen atoms in total. The first-order valence-corrected chi connectivity index (χ1v) is 8.91. The van der Waals surface area contributed by atoms with Gasteiger partial charge in [0.05, 0.1) is 18.5 Å². The number of carbonyl (C=O) groups is 2. The van der Waals surface area contributed by atoms with Gasteiger partial charge in [0.15, 0.2) is 0 Å². The molecule has 1 aliphatic rings. The lowest BCUT2D eigenvalue weighted by Gasteiger charge is -2.35. The molecule has 0 aromatic heterocycles. The molecule has 2 amide bonds. The molecule has 0 atom stereocenters. The average molecular weight is 385 g/mol. The molecule has 2 rings (SSSR count). The van der Waals surface area contributed by atoms with Gasteiger partial charge in [-0.25, -0.2) is 0 Å². The fraction of sp³-hybridized carbons (Fsp3) is 0.579. The van der Waals surface area contributed by atoms with Gasteiger partial charge in [0.2, 0.25) is 11.8 Å². The lowest BCUT2D eigenvalue weighted by molar-refractivity contribution is -0.138. The molecule has 1 N–H and O–H groups in total. The number of alkyl halides is 3. The maximum atomic E-state index is 12.8. The van der Waals surface area contributed by atoms with Gasteiger partial charge in [-0.3, -0.25) is 14.5 Å². The van der Waals surface area contributed by atoms with Crippen LogP contribution in [0.2, 0.25) is 0 Å². The van der Waals surface area contributed by atoms with E-state index < -0.39 is 11.7 Å². The van der Waals surface area contributed by atoms with E-state index >= 15 is 0 Å². The molecule has 0 unspecified atom stereocenters. The van der Waals surface area contributed by atoms with Crippen LogP contribution in [0.15, 0.2) is 24.3 Å². The Balaban J connectivity index is 1.84. The summed E-state index contributed by atoms with van der Waals surface area (Å²) in [5.41, 5.74) is -0.691. The second-order valence-corrected chi connectivity index (χ2v) is 7.83. The van der Waals surface area contributed by atoms with E-state index in [1.54, 1.807) is 4.90 Å². The number of nitrogens with one attached hydrogen (secondary N) is 1. The SMILES string of the molecule is CC(C)(C)NC(=O)CN1CCN(C(=O)Cc2cccc(C(F)(F)F)c2)CC1. The van der Waals surface area contributed by atoms with Gasteiger partial charge in [0, 0.05) is 31.7 Å². The summed E-state index contributed by atoms with van der Waals surface area (Å²) in [6, 6.07) is 4.86. The van der Waals surface area contributed by atoms with Crippen molar-refractivity contribution in [1.29, 1.82) is 0 Å². The van der Waals surface area contributed by atoms with Crippen LogP contribution in [-0.4, -0.2) is 59.9 Å². The second kappa shape index (κ2) is 8.29. The van der Waals surface area contributed by atoms with E-state index in [0.29, 0.717) is 31.7 Å². The van der Waals surface area contributed by atoms with Gasteiger partial charge in [-0.2, -0.15) is 13.2 Å². The molecule has 0 radical (unpaired) electrons. The van der Waals surface area contributed by atoms with Gasteiger partial charge >= 0.3 is 6.18 Å². The Hall–Kier alpha value is -2.09. The van der Waals surface area contributed by atoms with Crippen molar-refractivity contribution in [3.8, 4) is 0 Å². The third-order valence-corrected chi connectivity index (χ3v) is 4.22. The molecule has 0 spiro atoms. The van der Waals surface area contributed by atoms with Crippen molar-refractivity contribution < 1.29 is 22.8 Å². The molecule has 1 aliphatic heterocycles. The lowest BCUT2D eigenvalue weighted by Crippen LogP contribution is -2.53. The van der Waals surface area contributed by atoms with E-state index in [9.17, 15) is 22.8 Å². The Morgan fingerprint density at radius 3 is 2.26 bits per heavy atom. The van der Waals surface area contributed by atoms with E-state index in [0.717, 1.165) is 12.1 Å². The summed E-state index contributed by atoms with van der Waals surface area (Å²) < 4.78 is 38.3. The first-order valence-electron chi connectivity index (χ1n) is 8.91. The Morgan fingerprint density at radius 2 is 1.70 bits per heavy atom. The summed E-state index contributed by atoms with van der Waals surface area (Å²) in [7, 11) is 0. The Labute approximate surface area is 157 Å². The van der Waals surface area contributed by atoms with E-state index in [1.807, 2.05) is 25.7 Å². The molecule has 0 aliphatic carbocycles. The van der Waals surface area contributed by atoms with Gasteiger partial charge in [0.25, 0.3) is 0 Å². The molecule has 0 saturated carbocycles. The van der Waals surface area contributed by atoms with Crippen LogP contribution in [0.4, 0.5) is 13.2 Å². The van der Waals surface area contributed by atoms with Crippen molar-refractivity contribution in [2.75, 3.05) is 32.7 Å². The van der Waals surface area contributed by atoms with Crippen molar-refractivity contribution in [2.45, 2.75) is 38.9 Å². The van der Waals surface area contributed by atoms with E-state index in [4.69, 9.17) is 0 Å². The Morgan fingerprint density at radius 1 is 1.07 bits per heavy atom. The topological polar surface area (TPSA) is 52.7 Å². The van der Waals surface area contributed by atoms with Crippen molar-refractivity contribution in [3.05, 3.63) is 35.4 Å². The third kappa shape index (κ3) is 6.86. The maximum absolute atomic E-state index is 12.8. The summed E-state index contributed by atoms with van der Waals surface area (Å²) in [5, 5.41) is 2.90. The summed E-state index contributed by atoms with van der Waals surface area (Å²) in [5.74, 6) is -0.264. The first kappa shape index (κ1) is 21.2. The lowest BCUT2D eigenvalue weighted by atomic mass is 10.1. The Kier molecular flexibility index (Phi) is 6.51. The molecule has 1 heterocycles. The van der Waals surface area contributed by atoms with Crippen LogP contribution in [0.1, 0.15) is 31.9 Å². The van der Waals surface area contributed by atoms with Crippen molar-refractivity contribution in [1.82, 2.24) is 15.1 Å². The van der Waals surface area contributed by atoms with E-state index in [1.165, 1.54) is 12.1 Å². The molecule has 1 aromatic rings. The summed E-state index contributed by atoms with van der Waals surface area (Å²) >= 11 is 0. The molecule has 1 saturated heterocycles. The highest BCUT2D eigenvalue weighted by Gasteiger charge is 2.31. The molecular formula is C19H26F3N3O2. The molecule has 150 valence electrons. The number of halogens is 3. The minimum absolute atomic E-state index is 0.0611. The van der Waals surface area contributed by atoms with Crippen LogP contribution >= 0.6 is 0 Å². The standard InChI is InChI=1S/C19H26F3N3O2/c1-18(2,3)23-16(26)13-24-7-9-25(10-8-24)17(27)12-14-5-4-6-15(11-14)19(20,21)22/h4-6,11H,7-10,12-13H2,1-3H3,(H,23,26). The first-order chi connectivity index (χ1) is 12.4. The normalized spacial score (nSPS) is 16.3. The highest BCUT2D eigenvalue weighted by Crippen LogP contribution is 2.29. The van der Waals surface area contributed by atoms with E-state index in [-0.39, 0.29) is 30.3 Å². The number of rotatable bonds is 4. The highest BCUT2D eigenvalue weighted by molar-refractivity contribution is 5.80. The number of hydrogen-bond acceptors (Lipinski definition) is 3. The minimum atomic E-state index is -4.42. The summed E-state index contributed by atoms with van der Waals surface area (Å²) in [4.78, 5) is 28.0. The number of nitrogens with zero attached hydrogens (tertiary/aromatic N) is 2. The predicted molar refractivity (Wildman–Crippen MR) is 96.1 cm³/mol. The summed E-state index contributed by atoms with van der Waals surface area (Å²) in [6.45, 7) is 8.05. The van der Waals surface area contributed by atoms with Crippen LogP contribution < -0.4 is 5.32 Å². The number of amides is 2. The monoisotopic (exact) mass is 385 g/mol. The smallest absolute Gasteiger partial charge is 0.350 e. The zero-order chi connectivity index (χ0) is 20.2. The number of benzene rings is 1. The number of carbonyl (C=O) groups excluding carboxylic acids is 2. The van der Waals surface area contributed by atoms with Crippen LogP contribution in [-0.2, 0) is 22.2 Å². The number of piperazine rings is 1. The second-order valence-electron chi connectivity index (χ2n) is 7.83. The summed E-state index contributed by atoms with van der Waals surface area (Å²) in [6.07, 6.45) is -4.48. The van der Waals surface area contributed by atoms with Crippen LogP contribution in [0.25, 0.3) is 0 Å². The zero-order valence-corrected chi connectivity index (χ0v) is 15.9. The highest BCUT2D eigenvalue weighted by atomic mass is 19.4. The molecule has 27 heavy (non-hydrogen) atoms. The zero-order valence-electron chi connectivity index (χ0n) is 15.9. The van der Waals surface area contributed by atoms with Crippen LogP contribution in [0.3, 0.4) is 0 Å². The van der Waals surface area contributed by atoms with Gasteiger partial charge < -0.3 is 10.2 Å². The van der Waals surface area contributed by atoms with Crippen molar-refractivity contribution in [2.24, 2.45) is 0 Å². The molecule has 1 fully saturated rings. The van der Waals surface area contributed by atoms with E-state index in [2.05, 4.69) is 5.32 Å². The Bertz CT molecular complexity index is 676. The fourth-order valence-corrected chi connectivity index (χ4v) is 2.96. The van der Waals surface area contributed by atoms with Gasteiger partial charge in [-0.15, -0.1) is 0 Å². The molecule has 0 bridgehead atoms. The van der Waals surface area contributed by atoms with Gasteiger partial charge in [-0.05, 0) is 32.4 Å². The fourth-order valence-electron chi connectivity index (χ4n) is 2.96. The quantitative estimate of drug-likeness (QED) is 0.866.